The molecule has 2 heterocycles. The Hall–Kier alpha value is -2.37. The summed E-state index contributed by atoms with van der Waals surface area (Å²) in [6, 6.07) is 3.43. The Morgan fingerprint density at radius 3 is 2.86 bits per heavy atom. The fourth-order valence-corrected chi connectivity index (χ4v) is 2.51. The molecule has 110 valence electrons. The lowest BCUT2D eigenvalue weighted by atomic mass is 9.99. The van der Waals surface area contributed by atoms with Crippen LogP contribution in [0.15, 0.2) is 18.3 Å². The minimum absolute atomic E-state index is 0.111. The van der Waals surface area contributed by atoms with Gasteiger partial charge in [-0.25, -0.2) is 9.37 Å². The van der Waals surface area contributed by atoms with Crippen LogP contribution in [0, 0.1) is 19.7 Å². The number of hydrogen-bond acceptors (Lipinski definition) is 5. The number of aryl methyl sites for hydroxylation is 1. The molecule has 1 unspecified atom stereocenters. The molecule has 0 saturated carbocycles. The summed E-state index contributed by atoms with van der Waals surface area (Å²) in [5.74, 6) is 1.20. The van der Waals surface area contributed by atoms with E-state index in [2.05, 4.69) is 9.97 Å². The molecule has 6 heteroatoms. The second-order valence-electron chi connectivity index (χ2n) is 5.30. The number of nitrogens with zero attached hydrogens (tertiary/aromatic N) is 3. The van der Waals surface area contributed by atoms with Crippen molar-refractivity contribution in [3.63, 3.8) is 0 Å². The van der Waals surface area contributed by atoms with Crippen LogP contribution in [0.2, 0.25) is 0 Å². The van der Waals surface area contributed by atoms with Crippen LogP contribution < -0.4 is 15.4 Å². The van der Waals surface area contributed by atoms with Crippen molar-refractivity contribution in [2.45, 2.75) is 19.9 Å². The summed E-state index contributed by atoms with van der Waals surface area (Å²) in [5, 5.41) is 0. The highest BCUT2D eigenvalue weighted by Crippen LogP contribution is 2.37. The number of likely N-dealkylation sites (N-methyl/N-ethyl adjacent to an activating group) is 1. The lowest BCUT2D eigenvalue weighted by Crippen LogP contribution is -2.34. The smallest absolute Gasteiger partial charge is 0.222 e. The lowest BCUT2D eigenvalue weighted by molar-refractivity contribution is 0.265. The first-order chi connectivity index (χ1) is 9.97. The predicted molar refractivity (Wildman–Crippen MR) is 79.0 cm³/mol. The molecule has 1 aliphatic rings. The zero-order valence-corrected chi connectivity index (χ0v) is 12.2. The van der Waals surface area contributed by atoms with Gasteiger partial charge >= 0.3 is 0 Å². The van der Waals surface area contributed by atoms with Gasteiger partial charge in [0, 0.05) is 7.05 Å². The molecule has 0 spiro atoms. The van der Waals surface area contributed by atoms with Gasteiger partial charge < -0.3 is 15.4 Å². The number of aromatic nitrogens is 2. The summed E-state index contributed by atoms with van der Waals surface area (Å²) in [7, 11) is 1.89. The number of fused-ring (bicyclic) bond motifs is 1. The largest absolute Gasteiger partial charge is 0.486 e. The molecule has 1 atom stereocenters. The van der Waals surface area contributed by atoms with Crippen molar-refractivity contribution in [2.24, 2.45) is 0 Å². The summed E-state index contributed by atoms with van der Waals surface area (Å²) in [6.07, 6.45) is 1.56. The topological polar surface area (TPSA) is 64.3 Å². The van der Waals surface area contributed by atoms with E-state index in [1.54, 1.807) is 19.2 Å². The third-order valence-corrected chi connectivity index (χ3v) is 3.96. The second-order valence-corrected chi connectivity index (χ2v) is 5.30. The molecule has 3 rings (SSSR count). The number of benzene rings is 1. The monoisotopic (exact) mass is 288 g/mol. The first-order valence-corrected chi connectivity index (χ1v) is 6.72. The quantitative estimate of drug-likeness (QED) is 0.873. The molecule has 2 N–H and O–H groups in total. The lowest BCUT2D eigenvalue weighted by Gasteiger charge is -2.35. The first kappa shape index (κ1) is 13.6. The van der Waals surface area contributed by atoms with Gasteiger partial charge in [0.2, 0.25) is 5.95 Å². The van der Waals surface area contributed by atoms with Gasteiger partial charge in [0.05, 0.1) is 12.2 Å². The standard InChI is InChI=1S/C15H17FN4O/c1-8-4-10(5-11(16)9(8)2)12-7-21-13-6-18-15(17)19-14(13)20(12)3/h4-6,12H,7H2,1-3H3,(H2,17,18,19). The van der Waals surface area contributed by atoms with Crippen LogP contribution in [0.25, 0.3) is 0 Å². The van der Waals surface area contributed by atoms with E-state index in [0.29, 0.717) is 23.7 Å². The number of halogens is 1. The number of hydrogen-bond donors (Lipinski definition) is 1. The van der Waals surface area contributed by atoms with Crippen molar-refractivity contribution >= 4 is 11.8 Å². The highest BCUT2D eigenvalue weighted by atomic mass is 19.1. The van der Waals surface area contributed by atoms with Crippen LogP contribution in [-0.2, 0) is 0 Å². The fourth-order valence-electron chi connectivity index (χ4n) is 2.51. The maximum absolute atomic E-state index is 14.0. The molecular formula is C15H17FN4O. The van der Waals surface area contributed by atoms with Crippen LogP contribution in [0.3, 0.4) is 0 Å². The zero-order valence-electron chi connectivity index (χ0n) is 12.2. The Labute approximate surface area is 122 Å². The van der Waals surface area contributed by atoms with E-state index in [9.17, 15) is 4.39 Å². The van der Waals surface area contributed by atoms with Crippen LogP contribution in [0.4, 0.5) is 16.2 Å². The summed E-state index contributed by atoms with van der Waals surface area (Å²) in [5.41, 5.74) is 8.09. The number of nitrogens with two attached hydrogens (primary N) is 1. The zero-order chi connectivity index (χ0) is 15.1. The molecule has 21 heavy (non-hydrogen) atoms. The Morgan fingerprint density at radius 2 is 2.14 bits per heavy atom. The Morgan fingerprint density at radius 1 is 1.38 bits per heavy atom. The summed E-state index contributed by atoms with van der Waals surface area (Å²) in [4.78, 5) is 10.1. The predicted octanol–water partition coefficient (Wildman–Crippen LogP) is 2.38. The first-order valence-electron chi connectivity index (χ1n) is 6.72. The number of ether oxygens (including phenoxy) is 1. The molecule has 0 radical (unpaired) electrons. The Bertz CT molecular complexity index is 681. The van der Waals surface area contributed by atoms with Gasteiger partial charge in [-0.05, 0) is 36.6 Å². The third-order valence-electron chi connectivity index (χ3n) is 3.96. The summed E-state index contributed by atoms with van der Waals surface area (Å²) >= 11 is 0. The summed E-state index contributed by atoms with van der Waals surface area (Å²) < 4.78 is 19.7. The van der Waals surface area contributed by atoms with Gasteiger partial charge in [0.25, 0.3) is 0 Å². The van der Waals surface area contributed by atoms with Gasteiger partial charge in [-0.15, -0.1) is 0 Å². The van der Waals surface area contributed by atoms with E-state index in [-0.39, 0.29) is 17.8 Å². The fraction of sp³-hybridized carbons (Fsp3) is 0.333. The SMILES string of the molecule is Cc1cc(C2COc3cnc(N)nc3N2C)cc(F)c1C. The average Bonchev–Trinajstić information content (AvgIpc) is 2.45. The van der Waals surface area contributed by atoms with Crippen LogP contribution in [0.5, 0.6) is 5.75 Å². The van der Waals surface area contributed by atoms with E-state index in [1.165, 1.54) is 0 Å². The van der Waals surface area contributed by atoms with Crippen molar-refractivity contribution in [1.29, 1.82) is 0 Å². The van der Waals surface area contributed by atoms with E-state index < -0.39 is 0 Å². The second kappa shape index (κ2) is 4.87. The molecule has 1 aliphatic heterocycles. The van der Waals surface area contributed by atoms with Gasteiger partial charge in [-0.1, -0.05) is 6.07 Å². The van der Waals surface area contributed by atoms with Crippen LogP contribution >= 0.6 is 0 Å². The maximum atomic E-state index is 14.0. The molecule has 0 aliphatic carbocycles. The minimum atomic E-state index is -0.202. The Kier molecular flexibility index (Phi) is 3.16. The van der Waals surface area contributed by atoms with Crippen LogP contribution in [0.1, 0.15) is 22.7 Å². The van der Waals surface area contributed by atoms with Crippen molar-refractivity contribution in [3.8, 4) is 5.75 Å². The molecule has 0 fully saturated rings. The van der Waals surface area contributed by atoms with Gasteiger partial charge in [-0.3, -0.25) is 0 Å². The van der Waals surface area contributed by atoms with E-state index in [4.69, 9.17) is 10.5 Å². The molecular weight excluding hydrogens is 271 g/mol. The molecule has 1 aromatic carbocycles. The van der Waals surface area contributed by atoms with Gasteiger partial charge in [-0.2, -0.15) is 4.98 Å². The maximum Gasteiger partial charge on any atom is 0.222 e. The van der Waals surface area contributed by atoms with Gasteiger partial charge in [0.1, 0.15) is 12.4 Å². The molecule has 5 nitrogen and oxygen atoms in total. The van der Waals surface area contributed by atoms with E-state index in [1.807, 2.05) is 24.9 Å². The Balaban J connectivity index is 2.02. The van der Waals surface area contributed by atoms with Crippen LogP contribution in [-0.4, -0.2) is 23.6 Å². The molecule has 0 saturated heterocycles. The number of rotatable bonds is 1. The summed E-state index contributed by atoms with van der Waals surface area (Å²) in [6.45, 7) is 4.09. The van der Waals surface area contributed by atoms with Crippen molar-refractivity contribution < 1.29 is 9.13 Å². The van der Waals surface area contributed by atoms with Crippen molar-refractivity contribution in [2.75, 3.05) is 24.3 Å². The van der Waals surface area contributed by atoms with Crippen molar-refractivity contribution in [3.05, 3.63) is 40.8 Å². The molecule has 1 aromatic heterocycles. The van der Waals surface area contributed by atoms with E-state index in [0.717, 1.165) is 11.1 Å². The van der Waals surface area contributed by atoms with E-state index >= 15 is 0 Å². The highest BCUT2D eigenvalue weighted by molar-refractivity contribution is 5.56. The minimum Gasteiger partial charge on any atom is -0.486 e. The third kappa shape index (κ3) is 2.26. The molecule has 2 aromatic rings. The van der Waals surface area contributed by atoms with Gasteiger partial charge in [0.15, 0.2) is 11.6 Å². The molecule has 0 amide bonds. The number of anilines is 2. The average molecular weight is 288 g/mol. The highest BCUT2D eigenvalue weighted by Gasteiger charge is 2.28. The number of nitrogen functional groups attached to an aromatic ring is 1. The van der Waals surface area contributed by atoms with Crippen molar-refractivity contribution in [1.82, 2.24) is 9.97 Å². The normalized spacial score (nSPS) is 17.3. The molecule has 0 bridgehead atoms.